The Bertz CT molecular complexity index is 972. The second-order valence-corrected chi connectivity index (χ2v) is 17.2. The normalized spacial score (nSPS) is 12.9. The lowest BCUT2D eigenvalue weighted by atomic mass is 9.94. The summed E-state index contributed by atoms with van der Waals surface area (Å²) in [5, 5.41) is 0. The molecule has 0 heterocycles. The van der Waals surface area contributed by atoms with Crippen molar-refractivity contribution in [2.24, 2.45) is 11.8 Å². The van der Waals surface area contributed by atoms with Gasteiger partial charge in [-0.15, -0.1) is 0 Å². The van der Waals surface area contributed by atoms with Gasteiger partial charge >= 0.3 is 23.9 Å². The summed E-state index contributed by atoms with van der Waals surface area (Å²) in [4.78, 5) is 52.9. The maximum atomic E-state index is 12.9. The third kappa shape index (κ3) is 35.8. The molecule has 342 valence electrons. The number of nitrogens with zero attached hydrogens (tertiary/aromatic N) is 1. The zero-order chi connectivity index (χ0) is 42.9. The molecular formula is C49H93NO8. The minimum atomic E-state index is -0.543. The molecule has 0 aromatic heterocycles. The van der Waals surface area contributed by atoms with Gasteiger partial charge in [-0.2, -0.15) is 0 Å². The Hall–Kier alpha value is -2.16. The number of rotatable bonds is 43. The summed E-state index contributed by atoms with van der Waals surface area (Å²) in [6.45, 7) is 10.1. The molecule has 3 atom stereocenters. The number of likely N-dealkylation sites (N-methyl/N-ethyl adjacent to an activating group) is 1. The number of hydrogen-bond acceptors (Lipinski definition) is 9. The number of ether oxygens (including phenoxy) is 4. The average Bonchev–Trinajstić information content (AvgIpc) is 3.20. The molecule has 0 spiro atoms. The molecular weight excluding hydrogens is 731 g/mol. The fourth-order valence-electron chi connectivity index (χ4n) is 7.45. The Morgan fingerprint density at radius 1 is 0.414 bits per heavy atom. The molecule has 58 heavy (non-hydrogen) atoms. The molecule has 0 bridgehead atoms. The van der Waals surface area contributed by atoms with E-state index in [9.17, 15) is 19.2 Å². The molecule has 0 saturated heterocycles. The third-order valence-electron chi connectivity index (χ3n) is 11.1. The van der Waals surface area contributed by atoms with Crippen molar-refractivity contribution < 1.29 is 38.1 Å². The van der Waals surface area contributed by atoms with Gasteiger partial charge in [-0.05, 0) is 78.3 Å². The van der Waals surface area contributed by atoms with E-state index in [0.29, 0.717) is 32.6 Å². The van der Waals surface area contributed by atoms with Crippen LogP contribution in [0.2, 0.25) is 0 Å². The smallest absolute Gasteiger partial charge is 0.308 e. The highest BCUT2D eigenvalue weighted by Crippen LogP contribution is 2.22. The first kappa shape index (κ1) is 55.8. The zero-order valence-corrected chi connectivity index (χ0v) is 38.9. The lowest BCUT2D eigenvalue weighted by Gasteiger charge is -2.21. The summed E-state index contributed by atoms with van der Waals surface area (Å²) in [6, 6.07) is 0. The highest BCUT2D eigenvalue weighted by molar-refractivity contribution is 5.73. The van der Waals surface area contributed by atoms with Crippen LogP contribution < -0.4 is 0 Å². The first-order valence-electron chi connectivity index (χ1n) is 24.5. The molecule has 9 heteroatoms. The fourth-order valence-corrected chi connectivity index (χ4v) is 7.45. The van der Waals surface area contributed by atoms with Crippen molar-refractivity contribution in [3.63, 3.8) is 0 Å². The van der Waals surface area contributed by atoms with Crippen LogP contribution in [0.5, 0.6) is 0 Å². The van der Waals surface area contributed by atoms with Crippen LogP contribution in [0, 0.1) is 11.8 Å². The molecule has 0 aliphatic rings. The van der Waals surface area contributed by atoms with Crippen LogP contribution in [0.4, 0.5) is 0 Å². The Morgan fingerprint density at radius 2 is 0.759 bits per heavy atom. The number of carbonyl (C=O) groups excluding carboxylic acids is 4. The molecule has 0 amide bonds. The highest BCUT2D eigenvalue weighted by atomic mass is 16.6. The molecule has 3 unspecified atom stereocenters. The molecule has 0 N–H and O–H groups in total. The standard InChI is InChI=1S/C49H93NO8/c1-7-11-15-19-21-27-35-43(33-25-17-13-9-3)48(53)55-39-31-23-29-37-46(51)57-42-45(41-50(5)6)58-47(52)38-30-24-32-40-56-49(54)44(34-26-18-14-10-4)36-28-22-20-16-12-8-2/h43-45H,7-42H2,1-6H3. The van der Waals surface area contributed by atoms with E-state index in [1.54, 1.807) is 0 Å². The third-order valence-corrected chi connectivity index (χ3v) is 11.1. The van der Waals surface area contributed by atoms with Crippen LogP contribution in [0.1, 0.15) is 233 Å². The van der Waals surface area contributed by atoms with Gasteiger partial charge in [-0.3, -0.25) is 19.2 Å². The molecule has 0 aliphatic carbocycles. The second kappa shape index (κ2) is 41.6. The summed E-state index contributed by atoms with van der Waals surface area (Å²) in [5.41, 5.74) is 0. The Morgan fingerprint density at radius 3 is 1.16 bits per heavy atom. The number of carbonyl (C=O) groups is 4. The molecule has 0 radical (unpaired) electrons. The predicted octanol–water partition coefficient (Wildman–Crippen LogP) is 12.9. The molecule has 0 aromatic carbocycles. The Labute approximate surface area is 357 Å². The van der Waals surface area contributed by atoms with Crippen LogP contribution in [-0.4, -0.2) is 75.3 Å². The molecule has 0 aliphatic heterocycles. The quantitative estimate of drug-likeness (QED) is 0.0337. The van der Waals surface area contributed by atoms with Crippen molar-refractivity contribution in [2.75, 3.05) is 40.5 Å². The summed E-state index contributed by atoms with van der Waals surface area (Å²) < 4.78 is 22.6. The first-order chi connectivity index (χ1) is 28.2. The SMILES string of the molecule is CCCCCCCCC(CCCCCC)C(=O)OCCCCCC(=O)OCC(CN(C)C)OC(=O)CCCCCOC(=O)C(CCCCCC)CCCCCCCC. The van der Waals surface area contributed by atoms with Gasteiger partial charge in [-0.1, -0.05) is 156 Å². The van der Waals surface area contributed by atoms with Crippen molar-refractivity contribution in [1.29, 1.82) is 0 Å². The van der Waals surface area contributed by atoms with E-state index < -0.39 is 6.10 Å². The van der Waals surface area contributed by atoms with Gasteiger partial charge in [0.2, 0.25) is 0 Å². The van der Waals surface area contributed by atoms with Crippen LogP contribution >= 0.6 is 0 Å². The molecule has 0 saturated carbocycles. The van der Waals surface area contributed by atoms with Gasteiger partial charge in [-0.25, -0.2) is 0 Å². The van der Waals surface area contributed by atoms with Gasteiger partial charge < -0.3 is 23.8 Å². The van der Waals surface area contributed by atoms with E-state index in [2.05, 4.69) is 27.7 Å². The van der Waals surface area contributed by atoms with E-state index in [1.807, 2.05) is 19.0 Å². The van der Waals surface area contributed by atoms with Crippen LogP contribution in [0.25, 0.3) is 0 Å². The maximum Gasteiger partial charge on any atom is 0.308 e. The van der Waals surface area contributed by atoms with Crippen LogP contribution in [-0.2, 0) is 38.1 Å². The molecule has 9 nitrogen and oxygen atoms in total. The minimum Gasteiger partial charge on any atom is -0.465 e. The number of unbranched alkanes of at least 4 members (excludes halogenated alkanes) is 20. The average molecular weight is 824 g/mol. The highest BCUT2D eigenvalue weighted by Gasteiger charge is 2.21. The van der Waals surface area contributed by atoms with Crippen molar-refractivity contribution in [2.45, 2.75) is 239 Å². The lowest BCUT2D eigenvalue weighted by Crippen LogP contribution is -2.34. The number of esters is 4. The van der Waals surface area contributed by atoms with Gasteiger partial charge in [0.25, 0.3) is 0 Å². The Balaban J connectivity index is 4.41. The summed E-state index contributed by atoms with van der Waals surface area (Å²) >= 11 is 0. The maximum absolute atomic E-state index is 12.9. The Kier molecular flexibility index (Phi) is 40.0. The summed E-state index contributed by atoms with van der Waals surface area (Å²) in [5.74, 6) is -0.729. The largest absolute Gasteiger partial charge is 0.465 e. The lowest BCUT2D eigenvalue weighted by molar-refractivity contribution is -0.160. The van der Waals surface area contributed by atoms with E-state index in [-0.39, 0.29) is 55.2 Å². The molecule has 0 aromatic rings. The number of hydrogen-bond donors (Lipinski definition) is 0. The van der Waals surface area contributed by atoms with Crippen molar-refractivity contribution in [3.8, 4) is 0 Å². The monoisotopic (exact) mass is 824 g/mol. The molecule has 0 fully saturated rings. The predicted molar refractivity (Wildman–Crippen MR) is 239 cm³/mol. The summed E-state index contributed by atoms with van der Waals surface area (Å²) in [6.07, 6.45) is 31.9. The van der Waals surface area contributed by atoms with Crippen LogP contribution in [0.15, 0.2) is 0 Å². The molecule has 0 rings (SSSR count). The fraction of sp³-hybridized carbons (Fsp3) is 0.918. The van der Waals surface area contributed by atoms with Gasteiger partial charge in [0, 0.05) is 19.4 Å². The van der Waals surface area contributed by atoms with Crippen LogP contribution in [0.3, 0.4) is 0 Å². The zero-order valence-electron chi connectivity index (χ0n) is 38.9. The van der Waals surface area contributed by atoms with Crippen molar-refractivity contribution in [1.82, 2.24) is 4.90 Å². The van der Waals surface area contributed by atoms with Gasteiger partial charge in [0.05, 0.1) is 25.0 Å². The van der Waals surface area contributed by atoms with Gasteiger partial charge in [0.15, 0.2) is 0 Å². The van der Waals surface area contributed by atoms with Crippen molar-refractivity contribution in [3.05, 3.63) is 0 Å². The van der Waals surface area contributed by atoms with E-state index in [4.69, 9.17) is 18.9 Å². The van der Waals surface area contributed by atoms with Crippen molar-refractivity contribution >= 4 is 23.9 Å². The van der Waals surface area contributed by atoms with E-state index >= 15 is 0 Å². The van der Waals surface area contributed by atoms with Gasteiger partial charge in [0.1, 0.15) is 12.7 Å². The topological polar surface area (TPSA) is 108 Å². The first-order valence-corrected chi connectivity index (χ1v) is 24.5. The van der Waals surface area contributed by atoms with E-state index in [0.717, 1.165) is 77.0 Å². The van der Waals surface area contributed by atoms with E-state index in [1.165, 1.54) is 103 Å². The second-order valence-electron chi connectivity index (χ2n) is 17.2. The minimum absolute atomic E-state index is 0.000463. The summed E-state index contributed by atoms with van der Waals surface area (Å²) in [7, 11) is 3.78.